The smallest absolute Gasteiger partial charge is 0.339 e. The van der Waals surface area contributed by atoms with Gasteiger partial charge in [-0.25, -0.2) is 13.2 Å². The summed E-state index contributed by atoms with van der Waals surface area (Å²) in [5, 5.41) is 18.1. The first-order chi connectivity index (χ1) is 8.59. The second kappa shape index (κ2) is 4.91. The van der Waals surface area contributed by atoms with Crippen LogP contribution in [0.3, 0.4) is 0 Å². The number of terminal acetylenes is 1. The van der Waals surface area contributed by atoms with Gasteiger partial charge >= 0.3 is 5.97 Å². The molecule has 0 heterocycles. The second-order valence-electron chi connectivity index (χ2n) is 4.36. The van der Waals surface area contributed by atoms with Crippen LogP contribution >= 0.6 is 0 Å². The molecular formula is C12H13NO5S. The Morgan fingerprint density at radius 2 is 2.00 bits per heavy atom. The van der Waals surface area contributed by atoms with E-state index >= 15 is 0 Å². The zero-order valence-electron chi connectivity index (χ0n) is 10.3. The molecule has 1 rings (SSSR count). The van der Waals surface area contributed by atoms with Gasteiger partial charge in [-0.3, -0.25) is 0 Å². The van der Waals surface area contributed by atoms with Gasteiger partial charge in [0.05, 0.1) is 10.4 Å². The molecule has 0 fully saturated rings. The van der Waals surface area contributed by atoms with E-state index in [2.05, 4.69) is 10.6 Å². The largest absolute Gasteiger partial charge is 0.507 e. The first-order valence-corrected chi connectivity index (χ1v) is 6.65. The van der Waals surface area contributed by atoms with Gasteiger partial charge in [-0.15, -0.1) is 6.42 Å². The van der Waals surface area contributed by atoms with E-state index in [1.807, 2.05) is 0 Å². The SMILES string of the molecule is C#CC(C)(C)NS(=O)(=O)c1ccc(O)c(C(=O)O)c1. The summed E-state index contributed by atoms with van der Waals surface area (Å²) in [6.45, 7) is 2.98. The molecule has 7 heteroatoms. The highest BCUT2D eigenvalue weighted by Gasteiger charge is 2.25. The molecule has 0 atom stereocenters. The number of aromatic hydroxyl groups is 1. The van der Waals surface area contributed by atoms with Crippen LogP contribution in [-0.2, 0) is 10.0 Å². The molecular weight excluding hydrogens is 270 g/mol. The van der Waals surface area contributed by atoms with Gasteiger partial charge in [-0.2, -0.15) is 4.72 Å². The van der Waals surface area contributed by atoms with Gasteiger partial charge in [-0.1, -0.05) is 5.92 Å². The third kappa shape index (κ3) is 3.47. The molecule has 0 saturated carbocycles. The fourth-order valence-electron chi connectivity index (χ4n) is 1.28. The number of aromatic carboxylic acids is 1. The van der Waals surface area contributed by atoms with Crippen molar-refractivity contribution < 1.29 is 23.4 Å². The predicted molar refractivity (Wildman–Crippen MR) is 68.3 cm³/mol. The zero-order valence-corrected chi connectivity index (χ0v) is 11.2. The molecule has 0 bridgehead atoms. The standard InChI is InChI=1S/C12H13NO5S/c1-4-12(2,3)13-19(17,18)8-5-6-10(14)9(7-8)11(15)16/h1,5-7,13-14H,2-3H3,(H,15,16). The van der Waals surface area contributed by atoms with Crippen LogP contribution in [0.15, 0.2) is 23.1 Å². The lowest BCUT2D eigenvalue weighted by Crippen LogP contribution is -2.41. The summed E-state index contributed by atoms with van der Waals surface area (Å²) in [6, 6.07) is 2.96. The first-order valence-electron chi connectivity index (χ1n) is 5.17. The molecule has 0 spiro atoms. The van der Waals surface area contributed by atoms with Gasteiger partial charge < -0.3 is 10.2 Å². The van der Waals surface area contributed by atoms with Gasteiger partial charge in [0.1, 0.15) is 11.3 Å². The first kappa shape index (κ1) is 15.0. The Balaban J connectivity index is 3.28. The monoisotopic (exact) mass is 283 g/mol. The fourth-order valence-corrected chi connectivity index (χ4v) is 2.65. The summed E-state index contributed by atoms with van der Waals surface area (Å²) in [4.78, 5) is 10.5. The number of phenols is 1. The maximum absolute atomic E-state index is 12.0. The average Bonchev–Trinajstić information content (AvgIpc) is 2.27. The van der Waals surface area contributed by atoms with E-state index in [9.17, 15) is 18.3 Å². The molecule has 0 amide bonds. The van der Waals surface area contributed by atoms with Crippen LogP contribution in [0.25, 0.3) is 0 Å². The molecule has 0 aliphatic heterocycles. The number of nitrogens with one attached hydrogen (secondary N) is 1. The number of carboxylic acid groups (broad SMARTS) is 1. The van der Waals surface area contributed by atoms with Crippen molar-refractivity contribution in [3.8, 4) is 18.1 Å². The normalized spacial score (nSPS) is 11.8. The molecule has 0 unspecified atom stereocenters. The summed E-state index contributed by atoms with van der Waals surface area (Å²) in [6.07, 6.45) is 5.18. The topological polar surface area (TPSA) is 104 Å². The van der Waals surface area contributed by atoms with Crippen molar-refractivity contribution in [1.82, 2.24) is 4.72 Å². The highest BCUT2D eigenvalue weighted by molar-refractivity contribution is 7.89. The average molecular weight is 283 g/mol. The Bertz CT molecular complexity index is 655. The molecule has 19 heavy (non-hydrogen) atoms. The van der Waals surface area contributed by atoms with Crippen molar-refractivity contribution in [2.45, 2.75) is 24.3 Å². The third-order valence-corrected chi connectivity index (χ3v) is 3.91. The molecule has 1 aromatic rings. The minimum absolute atomic E-state index is 0.286. The van der Waals surface area contributed by atoms with Crippen molar-refractivity contribution in [1.29, 1.82) is 0 Å². The molecule has 0 aliphatic carbocycles. The number of hydrogen-bond acceptors (Lipinski definition) is 4. The van der Waals surface area contributed by atoms with Crippen molar-refractivity contribution in [2.24, 2.45) is 0 Å². The highest BCUT2D eigenvalue weighted by atomic mass is 32.2. The Hall–Kier alpha value is -2.04. The Labute approximate surface area is 111 Å². The molecule has 1 aromatic carbocycles. The van der Waals surface area contributed by atoms with Crippen molar-refractivity contribution in [3.63, 3.8) is 0 Å². The summed E-state index contributed by atoms with van der Waals surface area (Å²) < 4.78 is 26.3. The fraction of sp³-hybridized carbons (Fsp3) is 0.250. The molecule has 0 radical (unpaired) electrons. The predicted octanol–water partition coefficient (Wildman–Crippen LogP) is 0.781. The Morgan fingerprint density at radius 3 is 2.47 bits per heavy atom. The van der Waals surface area contributed by atoms with Gasteiger partial charge in [0, 0.05) is 0 Å². The Kier molecular flexibility index (Phi) is 3.88. The molecule has 0 aromatic heterocycles. The summed E-state index contributed by atoms with van der Waals surface area (Å²) >= 11 is 0. The lowest BCUT2D eigenvalue weighted by molar-refractivity contribution is 0.0693. The highest BCUT2D eigenvalue weighted by Crippen LogP contribution is 2.22. The zero-order chi connectivity index (χ0) is 14.8. The van der Waals surface area contributed by atoms with Crippen molar-refractivity contribution in [2.75, 3.05) is 0 Å². The van der Waals surface area contributed by atoms with Crippen LogP contribution in [0.1, 0.15) is 24.2 Å². The van der Waals surface area contributed by atoms with Crippen molar-refractivity contribution >= 4 is 16.0 Å². The van der Waals surface area contributed by atoms with Gasteiger partial charge in [0.2, 0.25) is 10.0 Å². The van der Waals surface area contributed by atoms with E-state index < -0.39 is 32.8 Å². The number of rotatable bonds is 4. The van der Waals surface area contributed by atoms with E-state index in [0.29, 0.717) is 0 Å². The summed E-state index contributed by atoms with van der Waals surface area (Å²) in [5.74, 6) is 0.323. The Morgan fingerprint density at radius 1 is 1.42 bits per heavy atom. The quantitative estimate of drug-likeness (QED) is 0.708. The van der Waals surface area contributed by atoms with Crippen LogP contribution in [-0.4, -0.2) is 30.1 Å². The van der Waals surface area contributed by atoms with Gasteiger partial charge in [0.15, 0.2) is 0 Å². The van der Waals surface area contributed by atoms with Crippen molar-refractivity contribution in [3.05, 3.63) is 23.8 Å². The van der Waals surface area contributed by atoms with E-state index in [0.717, 1.165) is 18.2 Å². The maximum Gasteiger partial charge on any atom is 0.339 e. The van der Waals surface area contributed by atoms with Crippen LogP contribution < -0.4 is 4.72 Å². The van der Waals surface area contributed by atoms with Crippen LogP contribution in [0.4, 0.5) is 0 Å². The lowest BCUT2D eigenvalue weighted by atomic mass is 10.1. The number of benzene rings is 1. The van der Waals surface area contributed by atoms with E-state index in [4.69, 9.17) is 11.5 Å². The van der Waals surface area contributed by atoms with Crippen LogP contribution in [0, 0.1) is 12.3 Å². The molecule has 3 N–H and O–H groups in total. The number of hydrogen-bond donors (Lipinski definition) is 3. The number of carbonyl (C=O) groups is 1. The number of carboxylic acids is 1. The summed E-state index contributed by atoms with van der Waals surface area (Å²) in [7, 11) is -3.97. The van der Waals surface area contributed by atoms with E-state index in [1.54, 1.807) is 0 Å². The molecule has 0 aliphatic rings. The minimum Gasteiger partial charge on any atom is -0.507 e. The van der Waals surface area contributed by atoms with Gasteiger partial charge in [-0.05, 0) is 32.0 Å². The molecule has 0 saturated heterocycles. The number of sulfonamides is 1. The lowest BCUT2D eigenvalue weighted by Gasteiger charge is -2.19. The van der Waals surface area contributed by atoms with Gasteiger partial charge in [0.25, 0.3) is 0 Å². The summed E-state index contributed by atoms with van der Waals surface area (Å²) in [5.41, 5.74) is -1.61. The minimum atomic E-state index is -3.97. The third-order valence-electron chi connectivity index (χ3n) is 2.26. The van der Waals surface area contributed by atoms with E-state index in [1.165, 1.54) is 13.8 Å². The van der Waals surface area contributed by atoms with Crippen LogP contribution in [0.5, 0.6) is 5.75 Å². The van der Waals surface area contributed by atoms with E-state index in [-0.39, 0.29) is 4.90 Å². The molecule has 6 nitrogen and oxygen atoms in total. The maximum atomic E-state index is 12.0. The van der Waals surface area contributed by atoms with Crippen LogP contribution in [0.2, 0.25) is 0 Å². The molecule has 102 valence electrons. The second-order valence-corrected chi connectivity index (χ2v) is 6.04.